The first-order chi connectivity index (χ1) is 38.9. The lowest BCUT2D eigenvalue weighted by Gasteiger charge is -2.32. The maximum atomic E-state index is 2.40. The van der Waals surface area contributed by atoms with Gasteiger partial charge in [0, 0.05) is 0 Å². The fraction of sp³-hybridized carbons (Fsp3) is 1.00. The van der Waals surface area contributed by atoms with Gasteiger partial charge in [-0.2, -0.15) is 0 Å². The monoisotopic (exact) mass is 1350 g/mol. The van der Waals surface area contributed by atoms with Gasteiger partial charge in [-0.25, -0.2) is 0 Å². The Morgan fingerprint density at radius 1 is 0.330 bits per heavy atom. The largest absolute Gasteiger partial charge is 0.0776 e. The fourth-order valence-corrected chi connectivity index (χ4v) is 11.8. The summed E-state index contributed by atoms with van der Waals surface area (Å²) in [4.78, 5) is 0. The predicted molar refractivity (Wildman–Crippen MR) is 469 cm³/mol. The Morgan fingerprint density at radius 3 is 0.777 bits per heavy atom. The summed E-state index contributed by atoms with van der Waals surface area (Å²) in [5, 5.41) is 0. The highest BCUT2D eigenvalue weighted by molar-refractivity contribution is 4.77. The van der Waals surface area contributed by atoms with Crippen LogP contribution in [-0.4, -0.2) is 0 Å². The van der Waals surface area contributed by atoms with E-state index in [0.717, 1.165) is 82.9 Å². The molecule has 0 aliphatic heterocycles. The molecule has 0 amide bonds. The highest BCUT2D eigenvalue weighted by Gasteiger charge is 2.25. The molecule has 94 heavy (non-hydrogen) atoms. The van der Waals surface area contributed by atoms with E-state index < -0.39 is 0 Å². The first kappa shape index (κ1) is 137. The Labute approximate surface area is 617 Å². The normalized spacial score (nSPS) is 19.0. The van der Waals surface area contributed by atoms with Crippen molar-refractivity contribution in [2.75, 3.05) is 0 Å². The molecule has 3 unspecified atom stereocenters. The van der Waals surface area contributed by atoms with Crippen LogP contribution in [0.4, 0.5) is 0 Å². The van der Waals surface area contributed by atoms with Crippen LogP contribution in [-0.2, 0) is 0 Å². The third-order valence-electron chi connectivity index (χ3n) is 20.4. The molecule has 0 bridgehead atoms. The minimum absolute atomic E-state index is 0. The van der Waals surface area contributed by atoms with Crippen LogP contribution in [0.25, 0.3) is 0 Å². The highest BCUT2D eigenvalue weighted by Crippen LogP contribution is 2.38. The Hall–Kier alpha value is 0. The van der Waals surface area contributed by atoms with Crippen molar-refractivity contribution in [3.63, 3.8) is 0 Å². The van der Waals surface area contributed by atoms with Crippen LogP contribution in [0, 0.1) is 93.7 Å². The van der Waals surface area contributed by atoms with Crippen LogP contribution < -0.4 is 0 Å². The highest BCUT2D eigenvalue weighted by atomic mass is 14.3. The summed E-state index contributed by atoms with van der Waals surface area (Å²) in [5.41, 5.74) is 1.21. The Bertz CT molecular complexity index is 1090. The van der Waals surface area contributed by atoms with Crippen LogP contribution in [0.2, 0.25) is 0 Å². The topological polar surface area (TPSA) is 0 Å². The Kier molecular flexibility index (Phi) is 139. The summed E-state index contributed by atoms with van der Waals surface area (Å²) in [6, 6.07) is 0. The van der Waals surface area contributed by atoms with Gasteiger partial charge >= 0.3 is 0 Å². The van der Waals surface area contributed by atoms with Crippen molar-refractivity contribution in [3.8, 4) is 0 Å². The number of hydrogen-bond acceptors (Lipinski definition) is 0. The lowest BCUT2D eigenvalue weighted by molar-refractivity contribution is 0.197. The first-order valence-electron chi connectivity index (χ1n) is 38.9. The van der Waals surface area contributed by atoms with Crippen LogP contribution >= 0.6 is 0 Å². The summed E-state index contributed by atoms with van der Waals surface area (Å²) in [6.07, 6.45) is 52.6. The van der Waals surface area contributed by atoms with Crippen LogP contribution in [0.1, 0.15) is 527 Å². The van der Waals surface area contributed by atoms with E-state index in [0.29, 0.717) is 10.8 Å². The molecule has 0 N–H and O–H groups in total. The quantitative estimate of drug-likeness (QED) is 0.113. The lowest BCUT2D eigenvalue weighted by atomic mass is 9.74. The van der Waals surface area contributed by atoms with Crippen LogP contribution in [0.5, 0.6) is 0 Å². The molecule has 5 rings (SSSR count). The first-order valence-corrected chi connectivity index (χ1v) is 38.9. The van der Waals surface area contributed by atoms with Crippen molar-refractivity contribution in [3.05, 3.63) is 0 Å². The van der Waals surface area contributed by atoms with Gasteiger partial charge in [-0.1, -0.05) is 508 Å². The molecular formula is C94H222. The van der Waals surface area contributed by atoms with Gasteiger partial charge in [-0.05, 0) is 113 Å². The van der Waals surface area contributed by atoms with E-state index in [-0.39, 0.29) is 81.7 Å². The van der Waals surface area contributed by atoms with Gasteiger partial charge in [0.05, 0.1) is 0 Å². The van der Waals surface area contributed by atoms with Crippen molar-refractivity contribution in [1.29, 1.82) is 0 Å². The molecule has 598 valence electrons. The average molecular weight is 1350 g/mol. The minimum atomic E-state index is 0. The van der Waals surface area contributed by atoms with E-state index in [1.165, 1.54) is 238 Å². The second-order valence-corrected chi connectivity index (χ2v) is 32.4. The molecule has 0 spiro atoms. The second kappa shape index (κ2) is 95.1. The molecule has 0 radical (unpaired) electrons. The third-order valence-corrected chi connectivity index (χ3v) is 20.4. The summed E-state index contributed by atoms with van der Waals surface area (Å²) in [6.45, 7) is 69.1. The van der Waals surface area contributed by atoms with Gasteiger partial charge in [0.25, 0.3) is 0 Å². The zero-order chi connectivity index (χ0) is 65.2. The molecular weight excluding hydrogens is 1130 g/mol. The minimum Gasteiger partial charge on any atom is -0.0776 e. The maximum absolute atomic E-state index is 2.40. The van der Waals surface area contributed by atoms with Gasteiger partial charge < -0.3 is 0 Å². The number of rotatable bonds is 19. The van der Waals surface area contributed by atoms with E-state index in [1.807, 2.05) is 0 Å². The van der Waals surface area contributed by atoms with Crippen LogP contribution in [0.15, 0.2) is 0 Å². The average Bonchev–Trinajstić information content (AvgIpc) is 2.37. The maximum Gasteiger partial charge on any atom is -0.0354 e. The third kappa shape index (κ3) is 105. The molecule has 5 saturated carbocycles. The predicted octanol–water partition coefficient (Wildman–Crippen LogP) is 38.5. The zero-order valence-electron chi connectivity index (χ0n) is 65.2. The van der Waals surface area contributed by atoms with Crippen molar-refractivity contribution in [1.82, 2.24) is 0 Å². The molecule has 0 aromatic rings. The van der Waals surface area contributed by atoms with Gasteiger partial charge in [0.1, 0.15) is 0 Å². The Balaban J connectivity index is -0.0000000458. The van der Waals surface area contributed by atoms with Crippen molar-refractivity contribution in [2.24, 2.45) is 93.7 Å². The van der Waals surface area contributed by atoms with E-state index >= 15 is 0 Å². The van der Waals surface area contributed by atoms with E-state index in [1.54, 1.807) is 0 Å². The standard InChI is InChI=1S/2C9H18.2C8H16.C7H14.6C7H16.11CH4/c1-8-4-6-9(2,3)7-5-8;1-7-5-4-6-8(2)9(7)3;1-7-5-3-4-6-8(7)2;1-7(2)8-5-3-4-6-8;1-6(2)7-4-3-5-7;1-5-6-7(2,3)4;2*1-4-5-6-7(2)3;1-4-6-7(3)5-2;1-4-7(5-2)6-3;1-3-5-7-6-4-2;;;;;;;;;;;/h8H,4-7H2,1-3H3;7-9H,4-6H2,1-3H3;2*7-8H,3-6H2,1-2H3;6-7H,3-5H2,1-2H3;5-6H2,1-4H3;4*7H,4-6H2,1-3H3;3-7H2,1-2H3;11*1H4/t;;7-,8?;;;;;;7-;;;;;;;;;;;;;/m..1.....1............./s1. The van der Waals surface area contributed by atoms with Crippen molar-refractivity contribution >= 4 is 0 Å². The smallest absolute Gasteiger partial charge is 0.0354 e. The van der Waals surface area contributed by atoms with Crippen LogP contribution in [0.3, 0.4) is 0 Å². The molecule has 5 atom stereocenters. The Morgan fingerprint density at radius 2 is 0.628 bits per heavy atom. The molecule has 0 heterocycles. The van der Waals surface area contributed by atoms with Gasteiger partial charge in [0.15, 0.2) is 0 Å². The molecule has 0 nitrogen and oxygen atoms in total. The zero-order valence-corrected chi connectivity index (χ0v) is 65.2. The molecule has 5 fully saturated rings. The van der Waals surface area contributed by atoms with Gasteiger partial charge in [-0.3, -0.25) is 0 Å². The van der Waals surface area contributed by atoms with E-state index in [2.05, 4.69) is 208 Å². The summed E-state index contributed by atoms with van der Waals surface area (Å²) in [5.74, 6) is 13.7. The molecule has 0 aromatic heterocycles. The number of unbranched alkanes of at least 4 members (excludes halogenated alkanes) is 6. The van der Waals surface area contributed by atoms with Crippen molar-refractivity contribution < 1.29 is 0 Å². The van der Waals surface area contributed by atoms with Gasteiger partial charge in [0.2, 0.25) is 0 Å². The SMILES string of the molecule is C.C.C.C.C.C.C.C.C.C.C.CC(C)C1CCC1.CC(C)C1CCCC1.CC1CCC(C)(C)CC1.CC1CCCC(C)C1C.CC1CCCC[C@H]1C.CCC(CC)CC.CCCC(C)(C)C.CCCCC(C)C.CCCCC(C)C.CCCCCCC.CCC[C@H](C)CC. The second-order valence-electron chi connectivity index (χ2n) is 32.4. The van der Waals surface area contributed by atoms with E-state index in [4.69, 9.17) is 0 Å². The summed E-state index contributed by atoms with van der Waals surface area (Å²) < 4.78 is 0. The van der Waals surface area contributed by atoms with E-state index in [9.17, 15) is 0 Å². The summed E-state index contributed by atoms with van der Waals surface area (Å²) >= 11 is 0. The molecule has 0 heteroatoms. The molecule has 0 saturated heterocycles. The fourth-order valence-electron chi connectivity index (χ4n) is 11.8. The molecule has 0 aromatic carbocycles. The molecule has 5 aliphatic carbocycles. The number of hydrogen-bond donors (Lipinski definition) is 0. The van der Waals surface area contributed by atoms with Gasteiger partial charge in [-0.15, -0.1) is 0 Å². The molecule has 5 aliphatic rings. The lowest BCUT2D eigenvalue weighted by Crippen LogP contribution is -2.21. The summed E-state index contributed by atoms with van der Waals surface area (Å²) in [7, 11) is 0. The van der Waals surface area contributed by atoms with Crippen molar-refractivity contribution in [2.45, 2.75) is 527 Å².